The lowest BCUT2D eigenvalue weighted by Crippen LogP contribution is -2.36. The van der Waals surface area contributed by atoms with E-state index in [2.05, 4.69) is 49.2 Å². The lowest BCUT2D eigenvalue weighted by atomic mass is 10.1. The van der Waals surface area contributed by atoms with Gasteiger partial charge in [0.1, 0.15) is 5.52 Å². The Bertz CT molecular complexity index is 778. The van der Waals surface area contributed by atoms with Crippen LogP contribution in [0.5, 0.6) is 0 Å². The number of H-pyrrole nitrogens is 1. The number of likely N-dealkylation sites (tertiary alicyclic amines) is 1. The smallest absolute Gasteiger partial charge is 0.156 e. The van der Waals surface area contributed by atoms with Crippen molar-refractivity contribution in [1.82, 2.24) is 39.7 Å². The van der Waals surface area contributed by atoms with Gasteiger partial charge in [-0.3, -0.25) is 9.88 Å². The number of aromatic amines is 1. The average molecular weight is 312 g/mol. The molecule has 1 N–H and O–H groups in total. The molecule has 3 aromatic rings. The fourth-order valence-electron chi connectivity index (χ4n) is 3.40. The molecule has 0 unspecified atom stereocenters. The van der Waals surface area contributed by atoms with Crippen LogP contribution in [0.2, 0.25) is 0 Å². The number of fused-ring (bicyclic) bond motifs is 1. The van der Waals surface area contributed by atoms with Gasteiger partial charge in [-0.15, -0.1) is 5.10 Å². The van der Waals surface area contributed by atoms with Gasteiger partial charge in [-0.2, -0.15) is 0 Å². The Morgan fingerprint density at radius 1 is 1.22 bits per heavy atom. The molecule has 0 aromatic carbocycles. The lowest BCUT2D eigenvalue weighted by molar-refractivity contribution is 0.237. The molecule has 1 saturated heterocycles. The minimum absolute atomic E-state index is 0.309. The first-order chi connectivity index (χ1) is 11.2. The van der Waals surface area contributed by atoms with Crippen molar-refractivity contribution in [2.75, 3.05) is 27.2 Å². The van der Waals surface area contributed by atoms with Crippen LogP contribution in [0.3, 0.4) is 0 Å². The summed E-state index contributed by atoms with van der Waals surface area (Å²) in [6, 6.07) is 0.719. The fraction of sp³-hybridized carbons (Fsp3) is 0.467. The summed E-state index contributed by atoms with van der Waals surface area (Å²) < 4.78 is 1.97. The Morgan fingerprint density at radius 2 is 2.09 bits per heavy atom. The van der Waals surface area contributed by atoms with E-state index in [0.717, 1.165) is 30.8 Å². The number of hydrogen-bond acceptors (Lipinski definition) is 6. The van der Waals surface area contributed by atoms with E-state index in [1.165, 1.54) is 5.56 Å². The second-order valence-electron chi connectivity index (χ2n) is 6.24. The van der Waals surface area contributed by atoms with Crippen LogP contribution in [0.4, 0.5) is 0 Å². The summed E-state index contributed by atoms with van der Waals surface area (Å²) in [5, 5.41) is 8.15. The first-order valence-corrected chi connectivity index (χ1v) is 7.74. The minimum atomic E-state index is 0.309. The normalized spacial score (nSPS) is 22.4. The molecular weight excluding hydrogens is 292 g/mol. The second-order valence-corrected chi connectivity index (χ2v) is 6.24. The quantitative estimate of drug-likeness (QED) is 0.757. The molecule has 8 heteroatoms. The molecule has 1 aliphatic rings. The van der Waals surface area contributed by atoms with Gasteiger partial charge in [0.15, 0.2) is 5.65 Å². The Morgan fingerprint density at radius 3 is 2.87 bits per heavy atom. The number of hydrogen-bond donors (Lipinski definition) is 1. The van der Waals surface area contributed by atoms with E-state index in [1.54, 1.807) is 18.6 Å². The Kier molecular flexibility index (Phi) is 3.55. The number of likely N-dealkylation sites (N-methyl/N-ethyl adjacent to an activating group) is 1. The number of nitrogens with one attached hydrogen (secondary N) is 1. The number of nitrogens with zero attached hydrogens (tertiary/aromatic N) is 7. The van der Waals surface area contributed by atoms with E-state index in [9.17, 15) is 0 Å². The standard InChI is InChI=1S/C15H20N8/c1-21(2)12-9-22(10-13(12)23-6-5-19-20-23)8-11-7-18-15-14(11)16-3-4-17-15/h3-7,12-13H,8-10H2,1-2H3,(H,17,18)/t12-,13+/m1/s1. The van der Waals surface area contributed by atoms with Gasteiger partial charge in [-0.25, -0.2) is 9.67 Å². The zero-order chi connectivity index (χ0) is 15.8. The number of rotatable bonds is 4. The molecule has 0 radical (unpaired) electrons. The van der Waals surface area contributed by atoms with E-state index in [1.807, 2.05) is 17.1 Å². The Hall–Kier alpha value is -2.32. The monoisotopic (exact) mass is 312 g/mol. The van der Waals surface area contributed by atoms with Gasteiger partial charge < -0.3 is 9.88 Å². The van der Waals surface area contributed by atoms with Crippen LogP contribution in [-0.2, 0) is 6.54 Å². The van der Waals surface area contributed by atoms with Gasteiger partial charge in [-0.05, 0) is 14.1 Å². The predicted molar refractivity (Wildman–Crippen MR) is 85.7 cm³/mol. The van der Waals surface area contributed by atoms with E-state index in [4.69, 9.17) is 0 Å². The van der Waals surface area contributed by atoms with Gasteiger partial charge in [0.2, 0.25) is 0 Å². The topological polar surface area (TPSA) is 78.8 Å². The highest BCUT2D eigenvalue weighted by Gasteiger charge is 2.36. The molecule has 8 nitrogen and oxygen atoms in total. The molecule has 1 aliphatic heterocycles. The molecule has 1 fully saturated rings. The largest absolute Gasteiger partial charge is 0.344 e. The highest BCUT2D eigenvalue weighted by atomic mass is 15.5. The van der Waals surface area contributed by atoms with Gasteiger partial charge in [0.25, 0.3) is 0 Å². The van der Waals surface area contributed by atoms with Crippen molar-refractivity contribution in [3.05, 3.63) is 36.5 Å². The highest BCUT2D eigenvalue weighted by Crippen LogP contribution is 2.27. The van der Waals surface area contributed by atoms with Gasteiger partial charge in [-0.1, -0.05) is 5.21 Å². The van der Waals surface area contributed by atoms with Gasteiger partial charge in [0.05, 0.1) is 12.2 Å². The zero-order valence-electron chi connectivity index (χ0n) is 13.3. The zero-order valence-corrected chi connectivity index (χ0v) is 13.3. The summed E-state index contributed by atoms with van der Waals surface area (Å²) in [7, 11) is 4.24. The SMILES string of the molecule is CN(C)[C@@H]1CN(Cc2c[nH]c3nccnc23)C[C@@H]1n1ccnn1. The summed E-state index contributed by atoms with van der Waals surface area (Å²) in [6.45, 7) is 2.79. The molecule has 0 saturated carbocycles. The van der Waals surface area contributed by atoms with Crippen molar-refractivity contribution < 1.29 is 0 Å². The van der Waals surface area contributed by atoms with E-state index in [0.29, 0.717) is 12.1 Å². The van der Waals surface area contributed by atoms with Crippen LogP contribution in [-0.4, -0.2) is 73.0 Å². The van der Waals surface area contributed by atoms with Crippen LogP contribution in [0.15, 0.2) is 31.0 Å². The average Bonchev–Trinajstić information content (AvgIpc) is 3.26. The van der Waals surface area contributed by atoms with Crippen LogP contribution >= 0.6 is 0 Å². The van der Waals surface area contributed by atoms with E-state index in [-0.39, 0.29) is 0 Å². The molecule has 23 heavy (non-hydrogen) atoms. The minimum Gasteiger partial charge on any atom is -0.344 e. The molecule has 3 aromatic heterocycles. The summed E-state index contributed by atoms with van der Waals surface area (Å²) in [4.78, 5) is 16.7. The van der Waals surface area contributed by atoms with Crippen LogP contribution in [0, 0.1) is 0 Å². The maximum Gasteiger partial charge on any atom is 0.156 e. The Balaban J connectivity index is 1.56. The van der Waals surface area contributed by atoms with Crippen molar-refractivity contribution in [1.29, 1.82) is 0 Å². The van der Waals surface area contributed by atoms with Gasteiger partial charge in [0, 0.05) is 56.0 Å². The van der Waals surface area contributed by atoms with Crippen LogP contribution < -0.4 is 0 Å². The van der Waals surface area contributed by atoms with Gasteiger partial charge >= 0.3 is 0 Å². The molecule has 4 heterocycles. The van der Waals surface area contributed by atoms with Crippen molar-refractivity contribution in [3.63, 3.8) is 0 Å². The van der Waals surface area contributed by atoms with E-state index >= 15 is 0 Å². The third-order valence-electron chi connectivity index (χ3n) is 4.56. The number of aromatic nitrogens is 6. The molecule has 0 spiro atoms. The van der Waals surface area contributed by atoms with Crippen molar-refractivity contribution in [2.24, 2.45) is 0 Å². The van der Waals surface area contributed by atoms with Crippen LogP contribution in [0.1, 0.15) is 11.6 Å². The van der Waals surface area contributed by atoms with Crippen LogP contribution in [0.25, 0.3) is 11.2 Å². The molecule has 120 valence electrons. The molecule has 0 bridgehead atoms. The highest BCUT2D eigenvalue weighted by molar-refractivity contribution is 5.74. The van der Waals surface area contributed by atoms with Crippen molar-refractivity contribution in [3.8, 4) is 0 Å². The molecule has 2 atom stereocenters. The summed E-state index contributed by atoms with van der Waals surface area (Å²) in [5.74, 6) is 0. The Labute approximate surface area is 134 Å². The molecule has 0 amide bonds. The summed E-state index contributed by atoms with van der Waals surface area (Å²) in [5.41, 5.74) is 2.99. The van der Waals surface area contributed by atoms with E-state index < -0.39 is 0 Å². The second kappa shape index (κ2) is 5.71. The molecular formula is C15H20N8. The lowest BCUT2D eigenvalue weighted by Gasteiger charge is -2.24. The summed E-state index contributed by atoms with van der Waals surface area (Å²) in [6.07, 6.45) is 9.15. The van der Waals surface area contributed by atoms with Crippen molar-refractivity contribution in [2.45, 2.75) is 18.6 Å². The first kappa shape index (κ1) is 14.3. The summed E-state index contributed by atoms with van der Waals surface area (Å²) >= 11 is 0. The molecule has 0 aliphatic carbocycles. The predicted octanol–water partition coefficient (Wildman–Crippen LogP) is 0.536. The van der Waals surface area contributed by atoms with Crippen molar-refractivity contribution >= 4 is 11.2 Å². The first-order valence-electron chi connectivity index (χ1n) is 7.74. The molecule has 4 rings (SSSR count). The third kappa shape index (κ3) is 2.60. The fourth-order valence-corrected chi connectivity index (χ4v) is 3.40. The maximum absolute atomic E-state index is 4.45. The maximum atomic E-state index is 4.45. The third-order valence-corrected chi connectivity index (χ3v) is 4.56.